The van der Waals surface area contributed by atoms with Gasteiger partial charge >= 0.3 is 5.97 Å². The van der Waals surface area contributed by atoms with Crippen LogP contribution < -0.4 is 5.32 Å². The fourth-order valence-electron chi connectivity index (χ4n) is 1.85. The third-order valence-corrected chi connectivity index (χ3v) is 2.77. The Bertz CT molecular complexity index is 227. The molecule has 0 heterocycles. The number of aliphatic carboxylic acids is 1. The lowest BCUT2D eigenvalue weighted by atomic mass is 10.0. The van der Waals surface area contributed by atoms with Crippen LogP contribution in [-0.2, 0) is 4.79 Å². The number of carboxylic acid groups (broad SMARTS) is 1. The zero-order chi connectivity index (χ0) is 10.6. The molecule has 1 aliphatic carbocycles. The predicted molar refractivity (Wildman–Crippen MR) is 53.0 cm³/mol. The highest BCUT2D eigenvalue weighted by atomic mass is 16.4. The molecular formula is C10H17NO3. The summed E-state index contributed by atoms with van der Waals surface area (Å²) < 4.78 is 0. The second kappa shape index (κ2) is 5.12. The highest BCUT2D eigenvalue weighted by Crippen LogP contribution is 2.24. The van der Waals surface area contributed by atoms with Crippen molar-refractivity contribution in [2.75, 3.05) is 13.2 Å². The Labute approximate surface area is 83.6 Å². The molecule has 0 aromatic heterocycles. The summed E-state index contributed by atoms with van der Waals surface area (Å²) in [6.07, 6.45) is 3.13. The number of aliphatic hydroxyl groups is 1. The largest absolute Gasteiger partial charge is 0.478 e. The van der Waals surface area contributed by atoms with Gasteiger partial charge in [0.1, 0.15) is 0 Å². The number of carboxylic acids is 1. The van der Waals surface area contributed by atoms with Gasteiger partial charge in [-0.25, -0.2) is 4.79 Å². The van der Waals surface area contributed by atoms with E-state index in [9.17, 15) is 4.79 Å². The molecule has 14 heavy (non-hydrogen) atoms. The molecule has 1 rings (SSSR count). The standard InChI is InChI=1S/C10H17NO3/c1-7(10(13)14)5-11-9-4-2-3-8(9)6-12/h8-9,11-12H,1-6H2,(H,13,14). The third kappa shape index (κ3) is 2.82. The number of rotatable bonds is 5. The molecule has 0 bridgehead atoms. The minimum absolute atomic E-state index is 0.175. The second-order valence-corrected chi connectivity index (χ2v) is 3.77. The Morgan fingerprint density at radius 3 is 2.79 bits per heavy atom. The SMILES string of the molecule is C=C(CNC1CCCC1CO)C(=O)O. The molecule has 0 radical (unpaired) electrons. The zero-order valence-electron chi connectivity index (χ0n) is 8.20. The van der Waals surface area contributed by atoms with E-state index in [0.29, 0.717) is 6.54 Å². The summed E-state index contributed by atoms with van der Waals surface area (Å²) in [6, 6.07) is 0.246. The number of hydrogen-bond donors (Lipinski definition) is 3. The maximum atomic E-state index is 10.5. The van der Waals surface area contributed by atoms with Crippen LogP contribution in [0.4, 0.5) is 0 Å². The van der Waals surface area contributed by atoms with Gasteiger partial charge in [-0.3, -0.25) is 0 Å². The van der Waals surface area contributed by atoms with Crippen molar-refractivity contribution >= 4 is 5.97 Å². The molecule has 0 aromatic rings. The summed E-state index contributed by atoms with van der Waals surface area (Å²) in [7, 11) is 0. The van der Waals surface area contributed by atoms with E-state index < -0.39 is 5.97 Å². The van der Waals surface area contributed by atoms with Crippen LogP contribution in [0.1, 0.15) is 19.3 Å². The number of nitrogens with one attached hydrogen (secondary N) is 1. The highest BCUT2D eigenvalue weighted by Gasteiger charge is 2.26. The van der Waals surface area contributed by atoms with Gasteiger partial charge in [-0.15, -0.1) is 0 Å². The number of carbonyl (C=O) groups is 1. The molecule has 1 saturated carbocycles. The molecule has 0 spiro atoms. The van der Waals surface area contributed by atoms with Gasteiger partial charge in [0.15, 0.2) is 0 Å². The van der Waals surface area contributed by atoms with E-state index in [1.807, 2.05) is 0 Å². The molecule has 0 aliphatic heterocycles. The Kier molecular flexibility index (Phi) is 4.10. The topological polar surface area (TPSA) is 69.6 Å². The summed E-state index contributed by atoms with van der Waals surface area (Å²) in [5.74, 6) is -0.687. The first-order valence-corrected chi connectivity index (χ1v) is 4.90. The van der Waals surface area contributed by atoms with E-state index >= 15 is 0 Å². The summed E-state index contributed by atoms with van der Waals surface area (Å²) in [5, 5.41) is 20.7. The fourth-order valence-corrected chi connectivity index (χ4v) is 1.85. The normalized spacial score (nSPS) is 26.4. The van der Waals surface area contributed by atoms with E-state index in [-0.39, 0.29) is 24.1 Å². The minimum atomic E-state index is -0.962. The van der Waals surface area contributed by atoms with Crippen LogP contribution in [-0.4, -0.2) is 35.4 Å². The van der Waals surface area contributed by atoms with Gasteiger partial charge in [0.05, 0.1) is 0 Å². The van der Waals surface area contributed by atoms with Crippen LogP contribution in [0.2, 0.25) is 0 Å². The van der Waals surface area contributed by atoms with Crippen LogP contribution in [0.5, 0.6) is 0 Å². The van der Waals surface area contributed by atoms with E-state index in [4.69, 9.17) is 10.2 Å². The molecule has 0 saturated heterocycles. The fraction of sp³-hybridized carbons (Fsp3) is 0.700. The lowest BCUT2D eigenvalue weighted by Gasteiger charge is -2.18. The van der Waals surface area contributed by atoms with Crippen LogP contribution in [0, 0.1) is 5.92 Å². The average molecular weight is 199 g/mol. The van der Waals surface area contributed by atoms with Gasteiger partial charge in [-0.05, 0) is 18.8 Å². The number of hydrogen-bond acceptors (Lipinski definition) is 3. The number of aliphatic hydroxyl groups excluding tert-OH is 1. The zero-order valence-corrected chi connectivity index (χ0v) is 8.20. The van der Waals surface area contributed by atoms with Gasteiger partial charge < -0.3 is 15.5 Å². The first-order valence-electron chi connectivity index (χ1n) is 4.90. The molecule has 2 atom stereocenters. The summed E-state index contributed by atoms with van der Waals surface area (Å²) >= 11 is 0. The average Bonchev–Trinajstić information content (AvgIpc) is 2.60. The van der Waals surface area contributed by atoms with Crippen molar-refractivity contribution in [2.45, 2.75) is 25.3 Å². The molecule has 1 fully saturated rings. The van der Waals surface area contributed by atoms with Gasteiger partial charge in [0.25, 0.3) is 0 Å². The predicted octanol–water partition coefficient (Wildman–Crippen LogP) is 0.378. The Morgan fingerprint density at radius 2 is 2.21 bits per heavy atom. The Balaban J connectivity index is 2.30. The van der Waals surface area contributed by atoms with Crippen molar-refractivity contribution < 1.29 is 15.0 Å². The summed E-state index contributed by atoms with van der Waals surface area (Å²) in [6.45, 7) is 3.92. The van der Waals surface area contributed by atoms with Crippen molar-refractivity contribution in [3.8, 4) is 0 Å². The van der Waals surface area contributed by atoms with E-state index in [1.54, 1.807) is 0 Å². The van der Waals surface area contributed by atoms with Gasteiger partial charge in [0.2, 0.25) is 0 Å². The van der Waals surface area contributed by atoms with Crippen molar-refractivity contribution in [1.29, 1.82) is 0 Å². The van der Waals surface area contributed by atoms with Crippen molar-refractivity contribution in [3.05, 3.63) is 12.2 Å². The molecule has 0 aromatic carbocycles. The van der Waals surface area contributed by atoms with E-state index in [2.05, 4.69) is 11.9 Å². The molecule has 3 N–H and O–H groups in total. The second-order valence-electron chi connectivity index (χ2n) is 3.77. The Morgan fingerprint density at radius 1 is 1.50 bits per heavy atom. The maximum Gasteiger partial charge on any atom is 0.332 e. The van der Waals surface area contributed by atoms with Crippen LogP contribution in [0.15, 0.2) is 12.2 Å². The molecule has 80 valence electrons. The quantitative estimate of drug-likeness (QED) is 0.560. The lowest BCUT2D eigenvalue weighted by Crippen LogP contribution is -2.36. The molecule has 4 nitrogen and oxygen atoms in total. The first kappa shape index (κ1) is 11.2. The van der Waals surface area contributed by atoms with Gasteiger partial charge in [-0.2, -0.15) is 0 Å². The van der Waals surface area contributed by atoms with Crippen LogP contribution in [0.25, 0.3) is 0 Å². The minimum Gasteiger partial charge on any atom is -0.478 e. The van der Waals surface area contributed by atoms with E-state index in [0.717, 1.165) is 19.3 Å². The van der Waals surface area contributed by atoms with E-state index in [1.165, 1.54) is 0 Å². The Hall–Kier alpha value is -0.870. The third-order valence-electron chi connectivity index (χ3n) is 2.77. The van der Waals surface area contributed by atoms with Crippen LogP contribution in [0.3, 0.4) is 0 Å². The van der Waals surface area contributed by atoms with Crippen molar-refractivity contribution in [3.63, 3.8) is 0 Å². The van der Waals surface area contributed by atoms with Gasteiger partial charge in [0, 0.05) is 24.8 Å². The molecule has 4 heteroatoms. The smallest absolute Gasteiger partial charge is 0.332 e. The first-order chi connectivity index (χ1) is 6.65. The lowest BCUT2D eigenvalue weighted by molar-refractivity contribution is -0.132. The highest BCUT2D eigenvalue weighted by molar-refractivity contribution is 5.86. The summed E-state index contributed by atoms with van der Waals surface area (Å²) in [5.41, 5.74) is 0.175. The monoisotopic (exact) mass is 199 g/mol. The molecule has 2 unspecified atom stereocenters. The van der Waals surface area contributed by atoms with Crippen LogP contribution >= 0.6 is 0 Å². The summed E-state index contributed by atoms with van der Waals surface area (Å²) in [4.78, 5) is 10.5. The van der Waals surface area contributed by atoms with Gasteiger partial charge in [-0.1, -0.05) is 13.0 Å². The molecule has 1 aliphatic rings. The van der Waals surface area contributed by atoms with Crippen molar-refractivity contribution in [1.82, 2.24) is 5.32 Å². The molecular weight excluding hydrogens is 182 g/mol. The van der Waals surface area contributed by atoms with Crippen molar-refractivity contribution in [2.24, 2.45) is 5.92 Å². The molecule has 0 amide bonds. The maximum absolute atomic E-state index is 10.5.